The van der Waals surface area contributed by atoms with Gasteiger partial charge in [-0.2, -0.15) is 0 Å². The number of amides is 1. The van der Waals surface area contributed by atoms with E-state index >= 15 is 0 Å². The van der Waals surface area contributed by atoms with Crippen LogP contribution < -0.4 is 10.6 Å². The summed E-state index contributed by atoms with van der Waals surface area (Å²) in [4.78, 5) is 10.6. The Labute approximate surface area is 91.4 Å². The first-order chi connectivity index (χ1) is 7.18. The number of hydrogen-bond acceptors (Lipinski definition) is 3. The van der Waals surface area contributed by atoms with Gasteiger partial charge in [-0.3, -0.25) is 4.79 Å². The first-order valence-corrected chi connectivity index (χ1v) is 5.81. The molecule has 0 aromatic heterocycles. The Bertz CT molecular complexity index is 197. The van der Waals surface area contributed by atoms with Crippen LogP contribution in [0.3, 0.4) is 0 Å². The smallest absolute Gasteiger partial charge is 0.216 e. The molecule has 0 aromatic rings. The van der Waals surface area contributed by atoms with Gasteiger partial charge in [-0.25, -0.2) is 0 Å². The standard InChI is InChI=1S/C11H22N2O2/c1-9(14)13-6-5-12-8-10-3-2-4-11(15)7-10/h10-12,15H,2-8H2,1H3,(H,13,14). The SMILES string of the molecule is CC(=O)NCCNCC1CCCC(O)C1. The average molecular weight is 214 g/mol. The molecule has 4 heteroatoms. The number of aliphatic hydroxyl groups excluding tert-OH is 1. The summed E-state index contributed by atoms with van der Waals surface area (Å²) >= 11 is 0. The second-order valence-electron chi connectivity index (χ2n) is 4.37. The lowest BCUT2D eigenvalue weighted by Gasteiger charge is -2.25. The number of hydrogen-bond donors (Lipinski definition) is 3. The topological polar surface area (TPSA) is 61.4 Å². The molecule has 0 aliphatic heterocycles. The molecule has 4 nitrogen and oxygen atoms in total. The summed E-state index contributed by atoms with van der Waals surface area (Å²) in [6.07, 6.45) is 4.14. The molecule has 0 radical (unpaired) electrons. The zero-order valence-corrected chi connectivity index (χ0v) is 9.46. The molecule has 1 saturated carbocycles. The third-order valence-electron chi connectivity index (χ3n) is 2.86. The predicted molar refractivity (Wildman–Crippen MR) is 59.5 cm³/mol. The third-order valence-corrected chi connectivity index (χ3v) is 2.86. The van der Waals surface area contributed by atoms with E-state index in [4.69, 9.17) is 0 Å². The van der Waals surface area contributed by atoms with Crippen molar-refractivity contribution in [3.63, 3.8) is 0 Å². The summed E-state index contributed by atoms with van der Waals surface area (Å²) in [5.41, 5.74) is 0. The molecule has 0 saturated heterocycles. The Hall–Kier alpha value is -0.610. The van der Waals surface area contributed by atoms with Crippen LogP contribution >= 0.6 is 0 Å². The van der Waals surface area contributed by atoms with Gasteiger partial charge in [-0.05, 0) is 31.7 Å². The van der Waals surface area contributed by atoms with Crippen LogP contribution in [0.15, 0.2) is 0 Å². The maximum Gasteiger partial charge on any atom is 0.216 e. The molecular formula is C11H22N2O2. The summed E-state index contributed by atoms with van der Waals surface area (Å²) in [6.45, 7) is 3.98. The molecule has 0 spiro atoms. The van der Waals surface area contributed by atoms with Crippen molar-refractivity contribution in [2.45, 2.75) is 38.7 Å². The monoisotopic (exact) mass is 214 g/mol. The fourth-order valence-corrected chi connectivity index (χ4v) is 2.08. The lowest BCUT2D eigenvalue weighted by Crippen LogP contribution is -2.34. The molecule has 3 N–H and O–H groups in total. The first-order valence-electron chi connectivity index (χ1n) is 5.81. The van der Waals surface area contributed by atoms with Crippen LogP contribution in [0.4, 0.5) is 0 Å². The van der Waals surface area contributed by atoms with E-state index in [2.05, 4.69) is 10.6 Å². The van der Waals surface area contributed by atoms with Gasteiger partial charge in [-0.15, -0.1) is 0 Å². The van der Waals surface area contributed by atoms with E-state index < -0.39 is 0 Å². The Morgan fingerprint density at radius 2 is 2.20 bits per heavy atom. The lowest BCUT2D eigenvalue weighted by molar-refractivity contribution is -0.118. The number of rotatable bonds is 5. The van der Waals surface area contributed by atoms with Gasteiger partial charge >= 0.3 is 0 Å². The summed E-state index contributed by atoms with van der Waals surface area (Å²) in [6, 6.07) is 0. The normalized spacial score (nSPS) is 26.3. The summed E-state index contributed by atoms with van der Waals surface area (Å²) in [5, 5.41) is 15.5. The number of carbonyl (C=O) groups excluding carboxylic acids is 1. The minimum atomic E-state index is -0.0964. The number of carbonyl (C=O) groups is 1. The fraction of sp³-hybridized carbons (Fsp3) is 0.909. The second kappa shape index (κ2) is 6.80. The fourth-order valence-electron chi connectivity index (χ4n) is 2.08. The van der Waals surface area contributed by atoms with E-state index in [0.717, 1.165) is 32.4 Å². The van der Waals surface area contributed by atoms with Crippen LogP contribution in [0.2, 0.25) is 0 Å². The molecule has 2 unspecified atom stereocenters. The van der Waals surface area contributed by atoms with E-state index in [0.29, 0.717) is 12.5 Å². The highest BCUT2D eigenvalue weighted by Gasteiger charge is 2.19. The van der Waals surface area contributed by atoms with Gasteiger partial charge in [-0.1, -0.05) is 6.42 Å². The third kappa shape index (κ3) is 5.74. The maximum absolute atomic E-state index is 10.6. The second-order valence-corrected chi connectivity index (χ2v) is 4.37. The van der Waals surface area contributed by atoms with Crippen molar-refractivity contribution in [2.75, 3.05) is 19.6 Å². The molecule has 0 heterocycles. The maximum atomic E-state index is 10.6. The van der Waals surface area contributed by atoms with Gasteiger partial charge < -0.3 is 15.7 Å². The zero-order valence-electron chi connectivity index (χ0n) is 9.46. The number of nitrogens with one attached hydrogen (secondary N) is 2. The van der Waals surface area contributed by atoms with Crippen molar-refractivity contribution >= 4 is 5.91 Å². The van der Waals surface area contributed by atoms with Gasteiger partial charge in [0.2, 0.25) is 5.91 Å². The highest BCUT2D eigenvalue weighted by Crippen LogP contribution is 2.23. The lowest BCUT2D eigenvalue weighted by atomic mass is 9.87. The van der Waals surface area contributed by atoms with E-state index in [1.165, 1.54) is 13.3 Å². The largest absolute Gasteiger partial charge is 0.393 e. The summed E-state index contributed by atoms with van der Waals surface area (Å²) in [5.74, 6) is 0.621. The molecule has 15 heavy (non-hydrogen) atoms. The highest BCUT2D eigenvalue weighted by molar-refractivity contribution is 5.72. The van der Waals surface area contributed by atoms with Gasteiger partial charge in [0.15, 0.2) is 0 Å². The molecule has 1 aliphatic rings. The molecule has 1 aliphatic carbocycles. The van der Waals surface area contributed by atoms with Crippen molar-refractivity contribution in [1.82, 2.24) is 10.6 Å². The van der Waals surface area contributed by atoms with E-state index in [-0.39, 0.29) is 12.0 Å². The van der Waals surface area contributed by atoms with E-state index in [9.17, 15) is 9.90 Å². The van der Waals surface area contributed by atoms with Crippen LogP contribution in [0, 0.1) is 5.92 Å². The van der Waals surface area contributed by atoms with Crippen LogP contribution in [0.25, 0.3) is 0 Å². The molecule has 88 valence electrons. The molecule has 0 bridgehead atoms. The van der Waals surface area contributed by atoms with Gasteiger partial charge in [0.1, 0.15) is 0 Å². The minimum Gasteiger partial charge on any atom is -0.393 e. The first kappa shape index (κ1) is 12.5. The van der Waals surface area contributed by atoms with Crippen LogP contribution in [0.1, 0.15) is 32.6 Å². The van der Waals surface area contributed by atoms with Crippen LogP contribution in [-0.2, 0) is 4.79 Å². The molecule has 1 amide bonds. The van der Waals surface area contributed by atoms with Crippen molar-refractivity contribution < 1.29 is 9.90 Å². The average Bonchev–Trinajstić information content (AvgIpc) is 2.17. The zero-order chi connectivity index (χ0) is 11.1. The summed E-state index contributed by atoms with van der Waals surface area (Å²) < 4.78 is 0. The Morgan fingerprint density at radius 1 is 1.40 bits per heavy atom. The van der Waals surface area contributed by atoms with E-state index in [1.54, 1.807) is 0 Å². The van der Waals surface area contributed by atoms with Crippen molar-refractivity contribution in [2.24, 2.45) is 5.92 Å². The molecule has 1 fully saturated rings. The predicted octanol–water partition coefficient (Wildman–Crippen LogP) is 0.263. The van der Waals surface area contributed by atoms with Gasteiger partial charge in [0.05, 0.1) is 6.10 Å². The Balaban J connectivity index is 1.97. The van der Waals surface area contributed by atoms with Crippen LogP contribution in [0.5, 0.6) is 0 Å². The summed E-state index contributed by atoms with van der Waals surface area (Å²) in [7, 11) is 0. The van der Waals surface area contributed by atoms with E-state index in [1.807, 2.05) is 0 Å². The molecule has 2 atom stereocenters. The minimum absolute atomic E-state index is 0.0184. The molecule has 1 rings (SSSR count). The van der Waals surface area contributed by atoms with Crippen molar-refractivity contribution in [3.05, 3.63) is 0 Å². The number of aliphatic hydroxyl groups is 1. The molecule has 0 aromatic carbocycles. The van der Waals surface area contributed by atoms with Crippen LogP contribution in [-0.4, -0.2) is 36.8 Å². The Kier molecular flexibility index (Phi) is 5.65. The van der Waals surface area contributed by atoms with Crippen molar-refractivity contribution in [3.8, 4) is 0 Å². The Morgan fingerprint density at radius 3 is 2.87 bits per heavy atom. The highest BCUT2D eigenvalue weighted by atomic mass is 16.3. The van der Waals surface area contributed by atoms with Gasteiger partial charge in [0.25, 0.3) is 0 Å². The quantitative estimate of drug-likeness (QED) is 0.575. The van der Waals surface area contributed by atoms with Crippen molar-refractivity contribution in [1.29, 1.82) is 0 Å². The molecular weight excluding hydrogens is 192 g/mol. The van der Waals surface area contributed by atoms with Gasteiger partial charge in [0, 0.05) is 20.0 Å².